The largest absolute Gasteiger partial charge is 0.351 e. The molecule has 0 radical (unpaired) electrons. The Morgan fingerprint density at radius 2 is 1.68 bits per heavy atom. The molecule has 5 heteroatoms. The summed E-state index contributed by atoms with van der Waals surface area (Å²) in [6, 6.07) is 14.8. The van der Waals surface area contributed by atoms with Gasteiger partial charge in [0.1, 0.15) is 0 Å². The van der Waals surface area contributed by atoms with Gasteiger partial charge < -0.3 is 10.6 Å². The number of fused-ring (bicyclic) bond motifs is 2. The fraction of sp³-hybridized carbons (Fsp3) is 0.0588. The second-order valence-electron chi connectivity index (χ2n) is 5.25. The molecule has 2 aromatic rings. The number of benzene rings is 2. The summed E-state index contributed by atoms with van der Waals surface area (Å²) >= 11 is 11.3. The number of ketones is 1. The number of nitrogens with one attached hydrogen (secondary N) is 2. The zero-order valence-corrected chi connectivity index (χ0v) is 13.0. The lowest BCUT2D eigenvalue weighted by Gasteiger charge is -2.28. The third-order valence-corrected chi connectivity index (χ3v) is 4.43. The molecule has 2 N–H and O–H groups in total. The molecule has 1 unspecified atom stereocenters. The van der Waals surface area contributed by atoms with Crippen molar-refractivity contribution in [2.45, 2.75) is 6.04 Å². The van der Waals surface area contributed by atoms with Crippen molar-refractivity contribution in [3.05, 3.63) is 75.8 Å². The van der Waals surface area contributed by atoms with Gasteiger partial charge in [0, 0.05) is 16.1 Å². The van der Waals surface area contributed by atoms with Crippen molar-refractivity contribution in [3.63, 3.8) is 0 Å². The van der Waals surface area contributed by atoms with Gasteiger partial charge in [-0.1, -0.05) is 48.0 Å². The van der Waals surface area contributed by atoms with Gasteiger partial charge in [0.15, 0.2) is 10.9 Å². The number of halogens is 1. The molecule has 0 aromatic heterocycles. The molecule has 0 amide bonds. The first-order valence-electron chi connectivity index (χ1n) is 6.86. The number of rotatable bonds is 1. The zero-order valence-electron chi connectivity index (χ0n) is 11.4. The molecule has 1 aliphatic heterocycles. The van der Waals surface area contributed by atoms with Crippen LogP contribution in [0.15, 0.2) is 54.1 Å². The Morgan fingerprint density at radius 3 is 2.41 bits per heavy atom. The number of carbonyl (C=O) groups is 1. The normalized spacial score (nSPS) is 19.4. The summed E-state index contributed by atoms with van der Waals surface area (Å²) < 4.78 is 0. The van der Waals surface area contributed by atoms with Crippen LogP contribution < -0.4 is 10.6 Å². The van der Waals surface area contributed by atoms with Crippen molar-refractivity contribution in [3.8, 4) is 0 Å². The van der Waals surface area contributed by atoms with Crippen molar-refractivity contribution < 1.29 is 4.79 Å². The smallest absolute Gasteiger partial charge is 0.194 e. The van der Waals surface area contributed by atoms with Gasteiger partial charge in [-0.05, 0) is 29.9 Å². The van der Waals surface area contributed by atoms with Crippen molar-refractivity contribution in [1.82, 2.24) is 10.6 Å². The molecule has 3 nitrogen and oxygen atoms in total. The lowest BCUT2D eigenvalue weighted by Crippen LogP contribution is -2.43. The van der Waals surface area contributed by atoms with Crippen LogP contribution in [0, 0.1) is 0 Å². The van der Waals surface area contributed by atoms with E-state index in [0.29, 0.717) is 21.3 Å². The van der Waals surface area contributed by atoms with E-state index in [4.69, 9.17) is 23.8 Å². The summed E-state index contributed by atoms with van der Waals surface area (Å²) in [5.74, 6) is 0.0352. The maximum atomic E-state index is 12.8. The maximum Gasteiger partial charge on any atom is 0.194 e. The van der Waals surface area contributed by atoms with Crippen molar-refractivity contribution in [2.75, 3.05) is 0 Å². The molecule has 1 atom stereocenters. The Kier molecular flexibility index (Phi) is 3.03. The standard InChI is InChI=1S/C17H11ClN2OS/c18-10-7-5-9(6-8-10)14-13-15(20-17(22)19-14)11-3-1-2-4-12(11)16(13)21/h1-8,14H,(H2,19,20,22). The van der Waals surface area contributed by atoms with Crippen LogP contribution in [0.4, 0.5) is 0 Å². The van der Waals surface area contributed by atoms with E-state index in [0.717, 1.165) is 16.8 Å². The molecule has 2 aliphatic rings. The first-order chi connectivity index (χ1) is 10.6. The molecule has 108 valence electrons. The highest BCUT2D eigenvalue weighted by atomic mass is 35.5. The summed E-state index contributed by atoms with van der Waals surface area (Å²) in [5, 5.41) is 7.50. The van der Waals surface area contributed by atoms with E-state index in [-0.39, 0.29) is 11.8 Å². The molecule has 22 heavy (non-hydrogen) atoms. The molecule has 0 spiro atoms. The lowest BCUT2D eigenvalue weighted by atomic mass is 9.94. The molecule has 1 heterocycles. The summed E-state index contributed by atoms with van der Waals surface area (Å²) in [6.45, 7) is 0. The fourth-order valence-corrected chi connectivity index (χ4v) is 3.32. The molecule has 4 rings (SSSR count). The molecule has 0 bridgehead atoms. The molecular formula is C17H11ClN2OS. The highest BCUT2D eigenvalue weighted by Crippen LogP contribution is 2.39. The quantitative estimate of drug-likeness (QED) is 0.787. The molecule has 2 aromatic carbocycles. The van der Waals surface area contributed by atoms with Gasteiger partial charge in [-0.3, -0.25) is 4.79 Å². The Hall–Kier alpha value is -2.17. The van der Waals surface area contributed by atoms with E-state index in [9.17, 15) is 4.79 Å². The van der Waals surface area contributed by atoms with Gasteiger partial charge in [0.05, 0.1) is 17.3 Å². The predicted octanol–water partition coefficient (Wildman–Crippen LogP) is 3.47. The van der Waals surface area contributed by atoms with Crippen LogP contribution in [-0.4, -0.2) is 10.9 Å². The summed E-state index contributed by atoms with van der Waals surface area (Å²) in [5.41, 5.74) is 4.10. The molecular weight excluding hydrogens is 316 g/mol. The maximum absolute atomic E-state index is 12.8. The van der Waals surface area contributed by atoms with Gasteiger partial charge >= 0.3 is 0 Å². The summed E-state index contributed by atoms with van der Waals surface area (Å²) in [4.78, 5) is 12.8. The number of hydrogen-bond acceptors (Lipinski definition) is 2. The average Bonchev–Trinajstić information content (AvgIpc) is 2.81. The number of carbonyl (C=O) groups excluding carboxylic acids is 1. The second-order valence-corrected chi connectivity index (χ2v) is 6.09. The van der Waals surface area contributed by atoms with Crippen LogP contribution in [0.25, 0.3) is 5.70 Å². The molecule has 0 saturated carbocycles. The molecule has 1 aliphatic carbocycles. The first-order valence-corrected chi connectivity index (χ1v) is 7.65. The minimum atomic E-state index is -0.263. The van der Waals surface area contributed by atoms with E-state index >= 15 is 0 Å². The highest BCUT2D eigenvalue weighted by molar-refractivity contribution is 7.80. The van der Waals surface area contributed by atoms with Crippen LogP contribution >= 0.6 is 23.8 Å². The van der Waals surface area contributed by atoms with Gasteiger partial charge in [0.25, 0.3) is 0 Å². The van der Waals surface area contributed by atoms with Crippen molar-refractivity contribution in [1.29, 1.82) is 0 Å². The minimum absolute atomic E-state index is 0.0352. The van der Waals surface area contributed by atoms with E-state index < -0.39 is 0 Å². The van der Waals surface area contributed by atoms with Crippen LogP contribution in [0.5, 0.6) is 0 Å². The minimum Gasteiger partial charge on any atom is -0.351 e. The number of Topliss-reactive ketones (excluding diaryl/α,β-unsaturated/α-hetero) is 1. The molecule has 0 saturated heterocycles. The lowest BCUT2D eigenvalue weighted by molar-refractivity contribution is 0.103. The summed E-state index contributed by atoms with van der Waals surface area (Å²) in [6.07, 6.45) is 0. The van der Waals surface area contributed by atoms with Crippen LogP contribution in [0.3, 0.4) is 0 Å². The van der Waals surface area contributed by atoms with Crippen LogP contribution in [-0.2, 0) is 0 Å². The van der Waals surface area contributed by atoms with E-state index in [2.05, 4.69) is 10.6 Å². The summed E-state index contributed by atoms with van der Waals surface area (Å²) in [7, 11) is 0. The third-order valence-electron chi connectivity index (χ3n) is 3.96. The zero-order chi connectivity index (χ0) is 15.3. The SMILES string of the molecule is O=C1C2=C(NC(=S)NC2c2ccc(Cl)cc2)c2ccccc21. The van der Waals surface area contributed by atoms with Crippen LogP contribution in [0.1, 0.15) is 27.5 Å². The van der Waals surface area contributed by atoms with Gasteiger partial charge in [-0.2, -0.15) is 0 Å². The predicted molar refractivity (Wildman–Crippen MR) is 90.8 cm³/mol. The first kappa shape index (κ1) is 13.5. The Balaban J connectivity index is 1.88. The van der Waals surface area contributed by atoms with Crippen LogP contribution in [0.2, 0.25) is 5.02 Å². The average molecular weight is 327 g/mol. The Morgan fingerprint density at radius 1 is 1.00 bits per heavy atom. The van der Waals surface area contributed by atoms with E-state index in [1.807, 2.05) is 48.5 Å². The Bertz CT molecular complexity index is 842. The highest BCUT2D eigenvalue weighted by Gasteiger charge is 2.38. The van der Waals surface area contributed by atoms with Gasteiger partial charge in [-0.15, -0.1) is 0 Å². The monoisotopic (exact) mass is 326 g/mol. The molecule has 0 fully saturated rings. The Labute approximate surface area is 138 Å². The van der Waals surface area contributed by atoms with Gasteiger partial charge in [0.2, 0.25) is 0 Å². The van der Waals surface area contributed by atoms with Gasteiger partial charge in [-0.25, -0.2) is 0 Å². The topological polar surface area (TPSA) is 41.1 Å². The van der Waals surface area contributed by atoms with Crippen molar-refractivity contribution >= 4 is 40.4 Å². The van der Waals surface area contributed by atoms with E-state index in [1.165, 1.54) is 0 Å². The number of thiocarbonyl (C=S) groups is 1. The fourth-order valence-electron chi connectivity index (χ4n) is 2.97. The third kappa shape index (κ3) is 1.95. The second kappa shape index (κ2) is 4.93. The number of hydrogen-bond donors (Lipinski definition) is 2. The van der Waals surface area contributed by atoms with Crippen molar-refractivity contribution in [2.24, 2.45) is 0 Å². The van der Waals surface area contributed by atoms with E-state index in [1.54, 1.807) is 0 Å².